The molecule has 0 aliphatic carbocycles. The number of benzene rings is 3. The molecule has 12 heteroatoms. The molecule has 4 rings (SSSR count). The van der Waals surface area contributed by atoms with Gasteiger partial charge in [0.1, 0.15) is 11.6 Å². The van der Waals surface area contributed by atoms with E-state index in [2.05, 4.69) is 38.1 Å². The minimum Gasteiger partial charge on any atom is -0.588 e. The van der Waals surface area contributed by atoms with Gasteiger partial charge in [0, 0.05) is 32.3 Å². The fourth-order valence-electron chi connectivity index (χ4n) is 9.88. The van der Waals surface area contributed by atoms with Gasteiger partial charge < -0.3 is 3.52 Å². The Bertz CT molecular complexity index is 1380. The summed E-state index contributed by atoms with van der Waals surface area (Å²) in [7, 11) is -10.1. The molecule has 3 aromatic rings. The predicted octanol–water partition coefficient (Wildman–Crippen LogP) is 9.28. The van der Waals surface area contributed by atoms with Gasteiger partial charge in [-0.15, -0.1) is 11.5 Å². The molecule has 262 valence electrons. The molecule has 0 nitrogen and oxygen atoms in total. The first-order valence-electron chi connectivity index (χ1n) is 16.6. The van der Waals surface area contributed by atoms with Crippen LogP contribution in [-0.4, -0.2) is 45.8 Å². The number of rotatable bonds is 5. The second kappa shape index (κ2) is 16.5. The summed E-state index contributed by atoms with van der Waals surface area (Å²) in [6.45, 7) is 28.6. The molecule has 48 heavy (non-hydrogen) atoms. The van der Waals surface area contributed by atoms with E-state index in [0.29, 0.717) is 12.8 Å². The quantitative estimate of drug-likeness (QED) is 0.105. The molecule has 1 heterocycles. The van der Waals surface area contributed by atoms with E-state index < -0.39 is 86.4 Å². The zero-order valence-corrected chi connectivity index (χ0v) is 40.3. The summed E-state index contributed by atoms with van der Waals surface area (Å²) in [4.78, 5) is 0. The molecule has 1 saturated heterocycles. The summed E-state index contributed by atoms with van der Waals surface area (Å²) in [5.41, 5.74) is 2.64. The van der Waals surface area contributed by atoms with Crippen LogP contribution in [0.2, 0.25) is 85.6 Å². The van der Waals surface area contributed by atoms with Gasteiger partial charge in [0.2, 0.25) is 0 Å². The van der Waals surface area contributed by atoms with Crippen molar-refractivity contribution in [3.8, 4) is 0 Å². The number of halogens is 6. The molecule has 0 amide bonds. The molecule has 0 radical (unpaired) electrons. The van der Waals surface area contributed by atoms with E-state index >= 15 is 12.3 Å². The standard InChI is InChI=1S/C16H40Si4.2C7H8.C6F5.Al.FH.K/c1-17(2,3)15(18(4,5)6)13-14-16(19(7,8)9)20(10,11)12;2*1-7-5-3-2-4-6-7;7-2-1-3(8)5(10)6(11)4(2)9;;;/h13-14H2,1-12H3;2*2-6H,1H3;;;1H;/q;;;;;;+1/p-1. The number of hydrogen-bond donors (Lipinski definition) is 0. The molecular formula is C36H56AlF6KSi4. The molecule has 1 aliphatic rings. The number of aryl methyl sites for hydroxylation is 2. The Labute approximate surface area is 336 Å². The summed E-state index contributed by atoms with van der Waals surface area (Å²) in [6, 6.07) is 20.5. The van der Waals surface area contributed by atoms with Gasteiger partial charge in [0.25, 0.3) is 0 Å². The third kappa shape index (κ3) is 8.24. The average Bonchev–Trinajstić information content (AvgIpc) is 3.24. The molecule has 0 bridgehead atoms. The topological polar surface area (TPSA) is 0 Å². The normalized spacial score (nSPS) is 16.9. The van der Waals surface area contributed by atoms with E-state index in [1.165, 1.54) is 11.1 Å². The summed E-state index contributed by atoms with van der Waals surface area (Å²) in [5, 5.41) is 0. The van der Waals surface area contributed by atoms with Crippen molar-refractivity contribution >= 4 is 50.3 Å². The van der Waals surface area contributed by atoms with Crippen LogP contribution in [0.15, 0.2) is 60.7 Å². The van der Waals surface area contributed by atoms with E-state index in [-0.39, 0.29) is 51.4 Å². The zero-order chi connectivity index (χ0) is 36.6. The van der Waals surface area contributed by atoms with Crippen LogP contribution in [0.5, 0.6) is 0 Å². The van der Waals surface area contributed by atoms with Gasteiger partial charge in [-0.1, -0.05) is 163 Å². The van der Waals surface area contributed by atoms with E-state index in [1.807, 2.05) is 115 Å². The Morgan fingerprint density at radius 2 is 0.688 bits per heavy atom. The van der Waals surface area contributed by atoms with Gasteiger partial charge >= 0.3 is 64.9 Å². The van der Waals surface area contributed by atoms with Crippen LogP contribution in [-0.2, 0) is 0 Å². The van der Waals surface area contributed by atoms with E-state index in [0.717, 1.165) is 0 Å². The Morgan fingerprint density at radius 1 is 0.458 bits per heavy atom. The molecule has 3 aromatic carbocycles. The van der Waals surface area contributed by atoms with E-state index in [1.54, 1.807) is 0 Å². The molecule has 0 spiro atoms. The maximum atomic E-state index is 19.1. The van der Waals surface area contributed by atoms with Gasteiger partial charge in [0.05, 0.1) is 0 Å². The van der Waals surface area contributed by atoms with Crippen LogP contribution in [0.4, 0.5) is 25.5 Å². The van der Waals surface area contributed by atoms with Crippen LogP contribution in [0.25, 0.3) is 0 Å². The molecule has 0 atom stereocenters. The van der Waals surface area contributed by atoms with Crippen molar-refractivity contribution in [3.63, 3.8) is 0 Å². The third-order valence-corrected chi connectivity index (χ3v) is 51.6. The van der Waals surface area contributed by atoms with Crippen molar-refractivity contribution in [2.24, 2.45) is 0 Å². The van der Waals surface area contributed by atoms with Crippen molar-refractivity contribution < 1.29 is 76.9 Å². The number of hydrogen-bond acceptors (Lipinski definition) is 0. The average molecular weight is 781 g/mol. The Kier molecular flexibility index (Phi) is 15.9. The minimum atomic E-state index is -5.34. The van der Waals surface area contributed by atoms with Crippen LogP contribution in [0.1, 0.15) is 24.0 Å². The summed E-state index contributed by atoms with van der Waals surface area (Å²) in [6.07, 6.45) is 0.987. The molecule has 0 N–H and O–H groups in total. The van der Waals surface area contributed by atoms with Crippen LogP contribution in [0, 0.1) is 42.9 Å². The van der Waals surface area contributed by atoms with Gasteiger partial charge in [-0.3, -0.25) is 0 Å². The maximum absolute atomic E-state index is 19.1. The first-order valence-corrected chi connectivity index (χ1v) is 32.7. The first-order chi connectivity index (χ1) is 21.2. The zero-order valence-electron chi connectivity index (χ0n) is 32.0. The van der Waals surface area contributed by atoms with E-state index in [9.17, 15) is 13.2 Å². The van der Waals surface area contributed by atoms with E-state index in [4.69, 9.17) is 0 Å². The molecule has 0 saturated carbocycles. The second-order valence-electron chi connectivity index (χ2n) is 17.5. The summed E-state index contributed by atoms with van der Waals surface area (Å²) in [5.74, 6) is -10.0. The SMILES string of the molecule is C[Si](C)(C)[C]1([Si](C)(C)C)CC[C]([Si](C)(C)C)([Si](C)(C)C)[Al-]1([F])[c]1c(F)c(F)c(F)c(F)c1F.Cc1ccccc1.Cc1ccccc1.[K+]. The third-order valence-electron chi connectivity index (χ3n) is 11.1. The van der Waals surface area contributed by atoms with Crippen molar-refractivity contribution in [1.29, 1.82) is 0 Å². The van der Waals surface area contributed by atoms with Crippen LogP contribution < -0.4 is 55.8 Å². The summed E-state index contributed by atoms with van der Waals surface area (Å²) < 4.78 is 90.9. The van der Waals surface area contributed by atoms with Crippen molar-refractivity contribution in [2.45, 2.75) is 112 Å². The fraction of sp³-hybridized carbons (Fsp3) is 0.500. The maximum Gasteiger partial charge on any atom is 1.00 e. The van der Waals surface area contributed by atoms with Gasteiger partial charge in [-0.05, 0) is 13.8 Å². The molecule has 1 fully saturated rings. The molecule has 0 aromatic heterocycles. The van der Waals surface area contributed by atoms with Crippen LogP contribution >= 0.6 is 0 Å². The van der Waals surface area contributed by atoms with Crippen molar-refractivity contribution in [2.75, 3.05) is 0 Å². The Balaban J connectivity index is 0.000000626. The Hall–Kier alpha value is 0.276. The van der Waals surface area contributed by atoms with Crippen molar-refractivity contribution in [3.05, 3.63) is 101 Å². The first kappa shape index (κ1) is 46.3. The fourth-order valence-corrected chi connectivity index (χ4v) is 60.8. The monoisotopic (exact) mass is 780 g/mol. The van der Waals surface area contributed by atoms with Crippen LogP contribution in [0.3, 0.4) is 0 Å². The van der Waals surface area contributed by atoms with Gasteiger partial charge in [-0.2, -0.15) is 0 Å². The van der Waals surface area contributed by atoms with Crippen molar-refractivity contribution in [1.82, 2.24) is 0 Å². The second-order valence-corrected chi connectivity index (χ2v) is 46.4. The summed E-state index contributed by atoms with van der Waals surface area (Å²) >= 11 is -5.34. The Morgan fingerprint density at radius 3 is 0.875 bits per heavy atom. The smallest absolute Gasteiger partial charge is 0.588 e. The van der Waals surface area contributed by atoms with Gasteiger partial charge in [0.15, 0.2) is 17.5 Å². The minimum absolute atomic E-state index is 0. The molecule has 1 aliphatic heterocycles. The van der Waals surface area contributed by atoms with Gasteiger partial charge in [-0.25, -0.2) is 22.0 Å². The molecule has 0 unspecified atom stereocenters. The largest absolute Gasteiger partial charge is 1.00 e. The molecular weight excluding hydrogens is 725 g/mol. The predicted molar refractivity (Wildman–Crippen MR) is 203 cm³/mol.